The molecule has 1 saturated heterocycles. The lowest BCUT2D eigenvalue weighted by Gasteiger charge is -2.32. The molecule has 0 spiro atoms. The molecule has 112 valence electrons. The highest BCUT2D eigenvalue weighted by Crippen LogP contribution is 2.34. The molecule has 1 aliphatic rings. The van der Waals surface area contributed by atoms with E-state index >= 15 is 0 Å². The molecular weight excluding hydrogens is 309 g/mol. The number of morpholine rings is 1. The average Bonchev–Trinajstić information content (AvgIpc) is 2.45. The van der Waals surface area contributed by atoms with E-state index in [-0.39, 0.29) is 24.8 Å². The maximum atomic E-state index is 13.0. The second-order valence-corrected chi connectivity index (χ2v) is 4.84. The first-order valence-electron chi connectivity index (χ1n) is 5.99. The number of alkyl halides is 3. The molecule has 1 fully saturated rings. The molecule has 1 atom stereocenters. The average molecular weight is 319 g/mol. The van der Waals surface area contributed by atoms with Gasteiger partial charge in [-0.25, -0.2) is 0 Å². The second-order valence-electron chi connectivity index (χ2n) is 4.41. The third-order valence-electron chi connectivity index (χ3n) is 3.06. The van der Waals surface area contributed by atoms with E-state index in [0.29, 0.717) is 6.07 Å². The van der Waals surface area contributed by atoms with Gasteiger partial charge in [-0.2, -0.15) is 18.4 Å². The van der Waals surface area contributed by atoms with Gasteiger partial charge in [-0.05, 0) is 18.2 Å². The van der Waals surface area contributed by atoms with Crippen LogP contribution in [0.3, 0.4) is 0 Å². The molecule has 1 aromatic rings. The third kappa shape index (κ3) is 3.28. The number of carbonyl (C=O) groups excluding carboxylic acids is 1. The summed E-state index contributed by atoms with van der Waals surface area (Å²) in [5.74, 6) is -0.853. The topological polar surface area (TPSA) is 53.3 Å². The standard InChI is InChI=1S/C13H10ClF3N2O2/c14-8-1-2-10(11(5-8)13(15,16)17)12(20)19-3-4-21-7-9(19)6-18/h1-2,5,9H,3-4,7H2/t9-/m0/s1. The quantitative estimate of drug-likeness (QED) is 0.800. The minimum Gasteiger partial charge on any atom is -0.376 e. The summed E-state index contributed by atoms with van der Waals surface area (Å²) in [4.78, 5) is 13.4. The van der Waals surface area contributed by atoms with Crippen LogP contribution in [0.5, 0.6) is 0 Å². The fourth-order valence-electron chi connectivity index (χ4n) is 2.05. The van der Waals surface area contributed by atoms with Crippen molar-refractivity contribution in [1.82, 2.24) is 4.90 Å². The summed E-state index contributed by atoms with van der Waals surface area (Å²) in [7, 11) is 0. The fourth-order valence-corrected chi connectivity index (χ4v) is 2.22. The van der Waals surface area contributed by atoms with Crippen molar-refractivity contribution in [3.05, 3.63) is 34.3 Å². The normalized spacial score (nSPS) is 19.2. The van der Waals surface area contributed by atoms with Crippen LogP contribution in [0.15, 0.2) is 18.2 Å². The zero-order valence-electron chi connectivity index (χ0n) is 10.7. The Labute approximate surface area is 123 Å². The van der Waals surface area contributed by atoms with Gasteiger partial charge in [0.05, 0.1) is 30.4 Å². The number of carbonyl (C=O) groups is 1. The number of amides is 1. The Hall–Kier alpha value is -1.78. The zero-order valence-corrected chi connectivity index (χ0v) is 11.4. The lowest BCUT2D eigenvalue weighted by atomic mass is 10.0. The molecule has 1 aliphatic heterocycles. The molecule has 0 saturated carbocycles. The highest BCUT2D eigenvalue weighted by molar-refractivity contribution is 6.30. The van der Waals surface area contributed by atoms with Crippen molar-refractivity contribution in [2.75, 3.05) is 19.8 Å². The molecule has 1 aromatic carbocycles. The van der Waals surface area contributed by atoms with Crippen LogP contribution in [0, 0.1) is 11.3 Å². The third-order valence-corrected chi connectivity index (χ3v) is 3.29. The molecule has 8 heteroatoms. The molecule has 0 aromatic heterocycles. The Morgan fingerprint density at radius 2 is 2.19 bits per heavy atom. The van der Waals surface area contributed by atoms with Crippen LogP contribution in [0.2, 0.25) is 5.02 Å². The van der Waals surface area contributed by atoms with Crippen LogP contribution in [0.4, 0.5) is 13.2 Å². The number of ether oxygens (including phenoxy) is 1. The van der Waals surface area contributed by atoms with Gasteiger partial charge in [-0.1, -0.05) is 11.6 Å². The van der Waals surface area contributed by atoms with Gasteiger partial charge in [0.15, 0.2) is 0 Å². The Bertz CT molecular complexity index is 598. The zero-order chi connectivity index (χ0) is 15.6. The van der Waals surface area contributed by atoms with Crippen molar-refractivity contribution in [2.24, 2.45) is 0 Å². The Kier molecular flexibility index (Phi) is 4.40. The van der Waals surface area contributed by atoms with Crippen LogP contribution in [-0.4, -0.2) is 36.6 Å². The number of rotatable bonds is 1. The molecule has 1 amide bonds. The molecule has 21 heavy (non-hydrogen) atoms. The number of nitriles is 1. The smallest absolute Gasteiger partial charge is 0.376 e. The molecule has 4 nitrogen and oxygen atoms in total. The van der Waals surface area contributed by atoms with E-state index in [9.17, 15) is 18.0 Å². The minimum atomic E-state index is -4.70. The van der Waals surface area contributed by atoms with Crippen LogP contribution in [-0.2, 0) is 10.9 Å². The minimum absolute atomic E-state index is 0.0167. The van der Waals surface area contributed by atoms with Gasteiger partial charge in [-0.3, -0.25) is 4.79 Å². The summed E-state index contributed by atoms with van der Waals surface area (Å²) in [5, 5.41) is 8.85. The molecule has 0 N–H and O–H groups in total. The SMILES string of the molecule is N#C[C@H]1COCCN1C(=O)c1ccc(Cl)cc1C(F)(F)F. The summed E-state index contributed by atoms with van der Waals surface area (Å²) < 4.78 is 44.1. The lowest BCUT2D eigenvalue weighted by molar-refractivity contribution is -0.138. The van der Waals surface area contributed by atoms with Crippen LogP contribution >= 0.6 is 11.6 Å². The maximum absolute atomic E-state index is 13.0. The van der Waals surface area contributed by atoms with Crippen molar-refractivity contribution in [2.45, 2.75) is 12.2 Å². The highest BCUT2D eigenvalue weighted by atomic mass is 35.5. The van der Waals surface area contributed by atoms with Gasteiger partial charge < -0.3 is 9.64 Å². The Morgan fingerprint density at radius 3 is 2.81 bits per heavy atom. The van der Waals surface area contributed by atoms with Crippen molar-refractivity contribution >= 4 is 17.5 Å². The number of hydrogen-bond acceptors (Lipinski definition) is 3. The van der Waals surface area contributed by atoms with E-state index in [1.165, 1.54) is 6.07 Å². The van der Waals surface area contributed by atoms with Gasteiger partial charge in [-0.15, -0.1) is 0 Å². The number of nitrogens with zero attached hydrogens (tertiary/aromatic N) is 2. The lowest BCUT2D eigenvalue weighted by Crippen LogP contribution is -2.48. The first-order valence-corrected chi connectivity index (χ1v) is 6.37. The second kappa shape index (κ2) is 5.92. The highest BCUT2D eigenvalue weighted by Gasteiger charge is 2.38. The van der Waals surface area contributed by atoms with Gasteiger partial charge in [0, 0.05) is 11.6 Å². The molecule has 2 rings (SSSR count). The van der Waals surface area contributed by atoms with Crippen molar-refractivity contribution in [3.63, 3.8) is 0 Å². The van der Waals surface area contributed by atoms with Crippen molar-refractivity contribution in [3.8, 4) is 6.07 Å². The van der Waals surface area contributed by atoms with Gasteiger partial charge in [0.1, 0.15) is 6.04 Å². The van der Waals surface area contributed by atoms with E-state index in [2.05, 4.69) is 0 Å². The van der Waals surface area contributed by atoms with E-state index in [1.807, 2.05) is 6.07 Å². The first kappa shape index (κ1) is 15.6. The van der Waals surface area contributed by atoms with E-state index in [4.69, 9.17) is 21.6 Å². The van der Waals surface area contributed by atoms with Crippen molar-refractivity contribution < 1.29 is 22.7 Å². The van der Waals surface area contributed by atoms with E-state index in [1.54, 1.807) is 0 Å². The largest absolute Gasteiger partial charge is 0.417 e. The van der Waals surface area contributed by atoms with E-state index in [0.717, 1.165) is 11.0 Å². The molecule has 1 heterocycles. The fraction of sp³-hybridized carbons (Fsp3) is 0.385. The summed E-state index contributed by atoms with van der Waals surface area (Å²) in [5.41, 5.74) is -1.63. The summed E-state index contributed by atoms with van der Waals surface area (Å²) in [6.07, 6.45) is -4.70. The van der Waals surface area contributed by atoms with Gasteiger partial charge in [0.2, 0.25) is 0 Å². The van der Waals surface area contributed by atoms with Crippen LogP contribution < -0.4 is 0 Å². The first-order chi connectivity index (χ1) is 9.84. The Morgan fingerprint density at radius 1 is 1.48 bits per heavy atom. The molecule has 0 bridgehead atoms. The molecule has 0 radical (unpaired) electrons. The van der Waals surface area contributed by atoms with Crippen LogP contribution in [0.25, 0.3) is 0 Å². The molecular formula is C13H10ClF3N2O2. The predicted molar refractivity (Wildman–Crippen MR) is 67.7 cm³/mol. The summed E-state index contributed by atoms with van der Waals surface area (Å²) in [6, 6.07) is 3.89. The molecule has 0 aliphatic carbocycles. The summed E-state index contributed by atoms with van der Waals surface area (Å²) in [6.45, 7) is 0.229. The van der Waals surface area contributed by atoms with Gasteiger partial charge in [0.25, 0.3) is 5.91 Å². The number of benzene rings is 1. The van der Waals surface area contributed by atoms with Crippen LogP contribution in [0.1, 0.15) is 15.9 Å². The number of hydrogen-bond donors (Lipinski definition) is 0. The molecule has 0 unspecified atom stereocenters. The van der Waals surface area contributed by atoms with E-state index < -0.39 is 29.3 Å². The van der Waals surface area contributed by atoms with Gasteiger partial charge >= 0.3 is 6.18 Å². The van der Waals surface area contributed by atoms with Crippen molar-refractivity contribution in [1.29, 1.82) is 5.26 Å². The number of halogens is 4. The summed E-state index contributed by atoms with van der Waals surface area (Å²) >= 11 is 5.57. The maximum Gasteiger partial charge on any atom is 0.417 e. The monoisotopic (exact) mass is 318 g/mol. The Balaban J connectivity index is 2.42. The predicted octanol–water partition coefficient (Wildman–Crippen LogP) is 2.72.